The van der Waals surface area contributed by atoms with Crippen LogP contribution < -0.4 is 20.1 Å². The Bertz CT molecular complexity index is 1400. The number of hydroxylamine groups is 1. The summed E-state index contributed by atoms with van der Waals surface area (Å²) in [5.74, 6) is 0.0793. The van der Waals surface area contributed by atoms with Crippen molar-refractivity contribution < 1.29 is 30.6 Å². The van der Waals surface area contributed by atoms with Crippen LogP contribution in [0.4, 0.5) is 0 Å². The van der Waals surface area contributed by atoms with Crippen molar-refractivity contribution >= 4 is 26.1 Å². The first-order chi connectivity index (χ1) is 19.6. The maximum absolute atomic E-state index is 13.7. The van der Waals surface area contributed by atoms with Gasteiger partial charge in [0.1, 0.15) is 21.3 Å². The molecule has 2 aliphatic rings. The van der Waals surface area contributed by atoms with Gasteiger partial charge in [0.05, 0.1) is 13.2 Å². The van der Waals surface area contributed by atoms with Gasteiger partial charge in [0.2, 0.25) is 16.0 Å². The highest BCUT2D eigenvalue weighted by molar-refractivity contribution is 7.91. The number of aryl methyl sites for hydroxylation is 1. The van der Waals surface area contributed by atoms with E-state index in [1.807, 2.05) is 0 Å². The minimum absolute atomic E-state index is 0.00374. The standard InChI is InChI=1S/C27H39N5O7S2/c1-21-18-23(37-16-7-17-38-30-27(28)29)20-24(19-21)39-41(35,36)26-9-4-3-8-25(26)40(33,34)32-14-10-22(11-15-32)31-12-5-2-6-13-31/h3-4,8-9,18-20,22H,2,5-7,10-17H2,1H3,(H4,28,29,30). The van der Waals surface area contributed by atoms with Crippen LogP contribution in [-0.4, -0.2) is 77.4 Å². The van der Waals surface area contributed by atoms with Crippen molar-refractivity contribution in [1.82, 2.24) is 14.7 Å². The summed E-state index contributed by atoms with van der Waals surface area (Å²) in [7, 11) is -8.57. The van der Waals surface area contributed by atoms with E-state index in [2.05, 4.69) is 10.4 Å². The summed E-state index contributed by atoms with van der Waals surface area (Å²) in [5.41, 5.74) is 8.06. The zero-order valence-corrected chi connectivity index (χ0v) is 24.9. The third-order valence-corrected chi connectivity index (χ3v) is 10.5. The molecule has 2 fully saturated rings. The third-order valence-electron chi connectivity index (χ3n) is 7.14. The molecule has 0 radical (unpaired) electrons. The Hall–Kier alpha value is -2.91. The quantitative estimate of drug-likeness (QED) is 0.107. The second-order valence-corrected chi connectivity index (χ2v) is 13.7. The number of ether oxygens (including phenoxy) is 1. The first kappa shape index (κ1) is 31.0. The molecular weight excluding hydrogens is 570 g/mol. The number of likely N-dealkylation sites (tertiary alicyclic amines) is 1. The smallest absolute Gasteiger partial charge is 0.340 e. The summed E-state index contributed by atoms with van der Waals surface area (Å²) < 4.78 is 66.7. The molecule has 0 bridgehead atoms. The fraction of sp³-hybridized carbons (Fsp3) is 0.519. The zero-order valence-electron chi connectivity index (χ0n) is 23.3. The molecule has 0 saturated carbocycles. The Morgan fingerprint density at radius 1 is 0.951 bits per heavy atom. The van der Waals surface area contributed by atoms with Crippen LogP contribution in [0, 0.1) is 12.3 Å². The van der Waals surface area contributed by atoms with E-state index in [1.165, 1.54) is 60.0 Å². The number of nitrogens with two attached hydrogens (primary N) is 1. The second kappa shape index (κ2) is 13.8. The van der Waals surface area contributed by atoms with Crippen molar-refractivity contribution in [3.63, 3.8) is 0 Å². The summed E-state index contributed by atoms with van der Waals surface area (Å²) in [6.45, 7) is 5.04. The number of rotatable bonds is 12. The molecule has 2 aliphatic heterocycles. The average Bonchev–Trinajstić information content (AvgIpc) is 2.95. The molecule has 2 heterocycles. The maximum atomic E-state index is 13.7. The van der Waals surface area contributed by atoms with E-state index in [4.69, 9.17) is 24.9 Å². The van der Waals surface area contributed by atoms with Crippen LogP contribution in [-0.2, 0) is 25.0 Å². The lowest BCUT2D eigenvalue weighted by atomic mass is 10.0. The number of guanidine groups is 1. The fourth-order valence-corrected chi connectivity index (χ4v) is 8.37. The highest BCUT2D eigenvalue weighted by Gasteiger charge is 2.36. The molecule has 14 heteroatoms. The number of hydrogen-bond donors (Lipinski definition) is 3. The van der Waals surface area contributed by atoms with Crippen LogP contribution in [0.1, 0.15) is 44.1 Å². The Morgan fingerprint density at radius 3 is 2.29 bits per heavy atom. The summed E-state index contributed by atoms with van der Waals surface area (Å²) in [6, 6.07) is 10.6. The van der Waals surface area contributed by atoms with Crippen LogP contribution in [0.2, 0.25) is 0 Å². The molecule has 4 N–H and O–H groups in total. The van der Waals surface area contributed by atoms with Gasteiger partial charge in [-0.2, -0.15) is 12.7 Å². The Kier molecular flexibility index (Phi) is 10.5. The Morgan fingerprint density at radius 2 is 1.61 bits per heavy atom. The lowest BCUT2D eigenvalue weighted by Crippen LogP contribution is -2.48. The van der Waals surface area contributed by atoms with Gasteiger partial charge in [-0.15, -0.1) is 0 Å². The van der Waals surface area contributed by atoms with Gasteiger partial charge in [-0.1, -0.05) is 18.6 Å². The van der Waals surface area contributed by atoms with E-state index in [0.29, 0.717) is 36.9 Å². The summed E-state index contributed by atoms with van der Waals surface area (Å²) >= 11 is 0. The van der Waals surface area contributed by atoms with E-state index in [0.717, 1.165) is 25.9 Å². The van der Waals surface area contributed by atoms with Crippen molar-refractivity contribution in [3.05, 3.63) is 48.0 Å². The molecule has 2 aromatic carbocycles. The summed E-state index contributed by atoms with van der Waals surface area (Å²) in [5, 5.41) is 7.04. The molecule has 12 nitrogen and oxygen atoms in total. The lowest BCUT2D eigenvalue weighted by molar-refractivity contribution is 0.0733. The number of piperidine rings is 2. The zero-order chi connectivity index (χ0) is 29.5. The van der Waals surface area contributed by atoms with Crippen LogP contribution in [0.5, 0.6) is 11.5 Å². The maximum Gasteiger partial charge on any atom is 0.340 e. The van der Waals surface area contributed by atoms with Gasteiger partial charge in [-0.05, 0) is 75.5 Å². The normalized spacial score (nSPS) is 17.7. The minimum atomic E-state index is -4.50. The predicted octanol–water partition coefficient (Wildman–Crippen LogP) is 2.59. The second-order valence-electron chi connectivity index (χ2n) is 10.3. The Labute approximate surface area is 242 Å². The monoisotopic (exact) mass is 609 g/mol. The number of sulfonamides is 1. The van der Waals surface area contributed by atoms with Crippen molar-refractivity contribution in [2.24, 2.45) is 5.73 Å². The topological polar surface area (TPSA) is 164 Å². The van der Waals surface area contributed by atoms with Gasteiger partial charge in [0.15, 0.2) is 0 Å². The van der Waals surface area contributed by atoms with Crippen molar-refractivity contribution in [1.29, 1.82) is 5.41 Å². The number of hydrogen-bond acceptors (Lipinski definition) is 9. The molecule has 0 spiro atoms. The largest absolute Gasteiger partial charge is 0.493 e. The van der Waals surface area contributed by atoms with E-state index in [-0.39, 0.29) is 29.8 Å². The summed E-state index contributed by atoms with van der Waals surface area (Å²) in [4.78, 5) is 6.73. The highest BCUT2D eigenvalue weighted by Crippen LogP contribution is 2.31. The first-order valence-electron chi connectivity index (χ1n) is 13.8. The molecule has 226 valence electrons. The third kappa shape index (κ3) is 8.32. The molecule has 0 unspecified atom stereocenters. The SMILES string of the molecule is Cc1cc(OCCCONC(=N)N)cc(OS(=O)(=O)c2ccccc2S(=O)(=O)N2CCC(N3CCCCC3)CC2)c1. The lowest BCUT2D eigenvalue weighted by Gasteiger charge is -2.39. The minimum Gasteiger partial charge on any atom is -0.493 e. The van der Waals surface area contributed by atoms with Gasteiger partial charge >= 0.3 is 10.1 Å². The van der Waals surface area contributed by atoms with Gasteiger partial charge in [-0.25, -0.2) is 13.9 Å². The molecular formula is C27H39N5O7S2. The van der Waals surface area contributed by atoms with E-state index in [1.54, 1.807) is 13.0 Å². The molecule has 2 aromatic rings. The van der Waals surface area contributed by atoms with Crippen LogP contribution in [0.3, 0.4) is 0 Å². The van der Waals surface area contributed by atoms with E-state index >= 15 is 0 Å². The molecule has 0 amide bonds. The number of benzene rings is 2. The predicted molar refractivity (Wildman–Crippen MR) is 154 cm³/mol. The van der Waals surface area contributed by atoms with Gasteiger partial charge < -0.3 is 19.6 Å². The molecule has 41 heavy (non-hydrogen) atoms. The van der Waals surface area contributed by atoms with Crippen LogP contribution in [0.15, 0.2) is 52.3 Å². The molecule has 0 atom stereocenters. The van der Waals surface area contributed by atoms with Crippen LogP contribution in [0.25, 0.3) is 0 Å². The summed E-state index contributed by atoms with van der Waals surface area (Å²) in [6.07, 6.45) is 5.50. The number of nitrogens with zero attached hydrogens (tertiary/aromatic N) is 2. The molecule has 0 aliphatic carbocycles. The molecule has 4 rings (SSSR count). The van der Waals surface area contributed by atoms with Crippen molar-refractivity contribution in [2.75, 3.05) is 39.4 Å². The first-order valence-corrected chi connectivity index (χ1v) is 16.6. The van der Waals surface area contributed by atoms with Gasteiger partial charge in [0, 0.05) is 31.6 Å². The van der Waals surface area contributed by atoms with E-state index in [9.17, 15) is 16.8 Å². The van der Waals surface area contributed by atoms with Crippen LogP contribution >= 0.6 is 0 Å². The fourth-order valence-electron chi connectivity index (χ4n) is 5.21. The number of nitrogens with one attached hydrogen (secondary N) is 2. The van der Waals surface area contributed by atoms with Gasteiger partial charge in [-0.3, -0.25) is 10.2 Å². The highest BCUT2D eigenvalue weighted by atomic mass is 32.2. The van der Waals surface area contributed by atoms with E-state index < -0.39 is 25.0 Å². The Balaban J connectivity index is 1.44. The molecule has 2 saturated heterocycles. The van der Waals surface area contributed by atoms with Crippen molar-refractivity contribution in [3.8, 4) is 11.5 Å². The van der Waals surface area contributed by atoms with Crippen molar-refractivity contribution in [2.45, 2.75) is 61.3 Å². The average molecular weight is 610 g/mol. The molecule has 0 aromatic heterocycles. The van der Waals surface area contributed by atoms with Gasteiger partial charge in [0.25, 0.3) is 0 Å².